The Kier molecular flexibility index (Phi) is 5.90. The molecule has 0 saturated heterocycles. The van der Waals surface area contributed by atoms with Crippen molar-refractivity contribution in [2.45, 2.75) is 64.5 Å². The smallest absolute Gasteiger partial charge is 0.123 e. The number of methoxy groups -OCH3 is 1. The summed E-state index contributed by atoms with van der Waals surface area (Å²) in [5.41, 5.74) is 1.30. The van der Waals surface area contributed by atoms with Crippen LogP contribution in [0.3, 0.4) is 0 Å². The molecule has 112 valence electrons. The molecular weight excluding hydrogens is 246 g/mol. The van der Waals surface area contributed by atoms with Gasteiger partial charge in [0.05, 0.1) is 7.11 Å². The van der Waals surface area contributed by atoms with E-state index in [-0.39, 0.29) is 0 Å². The Morgan fingerprint density at radius 2 is 1.95 bits per heavy atom. The standard InChI is InChI=1S/C18H29NO/c1-4-14-10-6-8-12-17(14)19-16(5-2)15-11-7-9-13-18(15)20-3/h7,9,11,13-14,16-17,19H,4-6,8,10,12H2,1-3H3. The fourth-order valence-electron chi connectivity index (χ4n) is 3.56. The van der Waals surface area contributed by atoms with E-state index in [2.05, 4.69) is 37.4 Å². The van der Waals surface area contributed by atoms with Gasteiger partial charge >= 0.3 is 0 Å². The van der Waals surface area contributed by atoms with Crippen molar-refractivity contribution < 1.29 is 4.74 Å². The molecule has 0 aliphatic heterocycles. The summed E-state index contributed by atoms with van der Waals surface area (Å²) in [5.74, 6) is 1.85. The Labute approximate surface area is 123 Å². The summed E-state index contributed by atoms with van der Waals surface area (Å²) in [7, 11) is 1.76. The molecule has 0 aromatic heterocycles. The van der Waals surface area contributed by atoms with Crippen LogP contribution in [0.5, 0.6) is 5.75 Å². The number of benzene rings is 1. The fraction of sp³-hybridized carbons (Fsp3) is 0.667. The first-order chi connectivity index (χ1) is 9.80. The Morgan fingerprint density at radius 1 is 1.20 bits per heavy atom. The SMILES string of the molecule is CCC(NC1CCCCC1CC)c1ccccc1OC. The maximum atomic E-state index is 5.53. The van der Waals surface area contributed by atoms with Gasteiger partial charge in [0.25, 0.3) is 0 Å². The molecule has 1 N–H and O–H groups in total. The summed E-state index contributed by atoms with van der Waals surface area (Å²) in [6, 6.07) is 9.50. The predicted octanol–water partition coefficient (Wildman–Crippen LogP) is 4.70. The molecular formula is C18H29NO. The molecule has 0 amide bonds. The van der Waals surface area contributed by atoms with Gasteiger partial charge in [-0.15, -0.1) is 0 Å². The molecule has 2 rings (SSSR count). The lowest BCUT2D eigenvalue weighted by Gasteiger charge is -2.35. The second kappa shape index (κ2) is 7.68. The second-order valence-electron chi connectivity index (χ2n) is 5.93. The summed E-state index contributed by atoms with van der Waals surface area (Å²) >= 11 is 0. The normalized spacial score (nSPS) is 24.4. The molecule has 2 heteroatoms. The van der Waals surface area contributed by atoms with Crippen LogP contribution < -0.4 is 10.1 Å². The van der Waals surface area contributed by atoms with Crippen molar-refractivity contribution in [2.24, 2.45) is 5.92 Å². The van der Waals surface area contributed by atoms with E-state index in [9.17, 15) is 0 Å². The number of ether oxygens (including phenoxy) is 1. The molecule has 1 aromatic rings. The van der Waals surface area contributed by atoms with Gasteiger partial charge in [0.15, 0.2) is 0 Å². The van der Waals surface area contributed by atoms with E-state index >= 15 is 0 Å². The lowest BCUT2D eigenvalue weighted by molar-refractivity contribution is 0.233. The third-order valence-corrected chi connectivity index (χ3v) is 4.77. The minimum atomic E-state index is 0.406. The van der Waals surface area contributed by atoms with Crippen LogP contribution in [0.2, 0.25) is 0 Å². The van der Waals surface area contributed by atoms with Crippen LogP contribution in [0.25, 0.3) is 0 Å². The maximum Gasteiger partial charge on any atom is 0.123 e. The average molecular weight is 275 g/mol. The van der Waals surface area contributed by atoms with Gasteiger partial charge < -0.3 is 10.1 Å². The van der Waals surface area contributed by atoms with Crippen LogP contribution in [0.1, 0.15) is 64.0 Å². The Hall–Kier alpha value is -1.02. The Bertz CT molecular complexity index is 404. The minimum absolute atomic E-state index is 0.406. The average Bonchev–Trinajstić information content (AvgIpc) is 2.53. The van der Waals surface area contributed by atoms with E-state index in [0.717, 1.165) is 18.1 Å². The molecule has 0 heterocycles. The molecule has 3 unspecified atom stereocenters. The number of para-hydroxylation sites is 1. The van der Waals surface area contributed by atoms with Gasteiger partial charge in [-0.3, -0.25) is 0 Å². The summed E-state index contributed by atoms with van der Waals surface area (Å²) < 4.78 is 5.53. The van der Waals surface area contributed by atoms with Crippen LogP contribution in [0, 0.1) is 5.92 Å². The van der Waals surface area contributed by atoms with E-state index in [0.29, 0.717) is 12.1 Å². The highest BCUT2D eigenvalue weighted by Crippen LogP contribution is 2.32. The van der Waals surface area contributed by atoms with Gasteiger partial charge in [-0.25, -0.2) is 0 Å². The largest absolute Gasteiger partial charge is 0.496 e. The second-order valence-corrected chi connectivity index (χ2v) is 5.93. The van der Waals surface area contributed by atoms with Gasteiger partial charge in [0.1, 0.15) is 5.75 Å². The van der Waals surface area contributed by atoms with Crippen molar-refractivity contribution in [2.75, 3.05) is 7.11 Å². The first kappa shape index (κ1) is 15.4. The minimum Gasteiger partial charge on any atom is -0.496 e. The van der Waals surface area contributed by atoms with Gasteiger partial charge in [-0.1, -0.05) is 51.3 Å². The van der Waals surface area contributed by atoms with Crippen molar-refractivity contribution in [1.29, 1.82) is 0 Å². The molecule has 3 atom stereocenters. The summed E-state index contributed by atoms with van der Waals surface area (Å²) in [5, 5.41) is 3.92. The van der Waals surface area contributed by atoms with Crippen molar-refractivity contribution in [3.05, 3.63) is 29.8 Å². The van der Waals surface area contributed by atoms with Crippen molar-refractivity contribution >= 4 is 0 Å². The highest BCUT2D eigenvalue weighted by molar-refractivity contribution is 5.35. The van der Waals surface area contributed by atoms with Crippen LogP contribution in [0.15, 0.2) is 24.3 Å². The van der Waals surface area contributed by atoms with Crippen molar-refractivity contribution in [3.63, 3.8) is 0 Å². The maximum absolute atomic E-state index is 5.53. The van der Waals surface area contributed by atoms with Gasteiger partial charge in [0, 0.05) is 17.6 Å². The monoisotopic (exact) mass is 275 g/mol. The first-order valence-corrected chi connectivity index (χ1v) is 8.19. The van der Waals surface area contributed by atoms with E-state index in [4.69, 9.17) is 4.74 Å². The first-order valence-electron chi connectivity index (χ1n) is 8.19. The van der Waals surface area contributed by atoms with Crippen LogP contribution >= 0.6 is 0 Å². The van der Waals surface area contributed by atoms with E-state index in [1.165, 1.54) is 37.7 Å². The van der Waals surface area contributed by atoms with Gasteiger partial charge in [0.2, 0.25) is 0 Å². The lowest BCUT2D eigenvalue weighted by atomic mass is 9.82. The van der Waals surface area contributed by atoms with Crippen LogP contribution in [-0.4, -0.2) is 13.2 Å². The number of hydrogen-bond acceptors (Lipinski definition) is 2. The molecule has 0 spiro atoms. The molecule has 1 saturated carbocycles. The van der Waals surface area contributed by atoms with E-state index in [1.54, 1.807) is 7.11 Å². The highest BCUT2D eigenvalue weighted by atomic mass is 16.5. The molecule has 1 aliphatic carbocycles. The topological polar surface area (TPSA) is 21.3 Å². The van der Waals surface area contributed by atoms with Crippen LogP contribution in [-0.2, 0) is 0 Å². The zero-order chi connectivity index (χ0) is 14.4. The zero-order valence-electron chi connectivity index (χ0n) is 13.2. The zero-order valence-corrected chi connectivity index (χ0v) is 13.2. The number of hydrogen-bond donors (Lipinski definition) is 1. The predicted molar refractivity (Wildman–Crippen MR) is 85.2 cm³/mol. The number of rotatable bonds is 6. The molecule has 0 radical (unpaired) electrons. The molecule has 2 nitrogen and oxygen atoms in total. The lowest BCUT2D eigenvalue weighted by Crippen LogP contribution is -2.40. The Balaban J connectivity index is 2.11. The molecule has 1 aliphatic rings. The molecule has 0 bridgehead atoms. The number of nitrogens with one attached hydrogen (secondary N) is 1. The fourth-order valence-corrected chi connectivity index (χ4v) is 3.56. The van der Waals surface area contributed by atoms with E-state index in [1.807, 2.05) is 6.07 Å². The summed E-state index contributed by atoms with van der Waals surface area (Å²) in [6.45, 7) is 4.59. The van der Waals surface area contributed by atoms with Gasteiger partial charge in [-0.2, -0.15) is 0 Å². The van der Waals surface area contributed by atoms with Gasteiger partial charge in [-0.05, 0) is 31.2 Å². The molecule has 1 aromatic carbocycles. The molecule has 20 heavy (non-hydrogen) atoms. The third kappa shape index (κ3) is 3.54. The van der Waals surface area contributed by atoms with Crippen molar-refractivity contribution in [3.8, 4) is 5.75 Å². The summed E-state index contributed by atoms with van der Waals surface area (Å²) in [4.78, 5) is 0. The highest BCUT2D eigenvalue weighted by Gasteiger charge is 2.26. The third-order valence-electron chi connectivity index (χ3n) is 4.77. The Morgan fingerprint density at radius 3 is 2.65 bits per heavy atom. The summed E-state index contributed by atoms with van der Waals surface area (Å²) in [6.07, 6.45) is 7.88. The quantitative estimate of drug-likeness (QED) is 0.812. The van der Waals surface area contributed by atoms with Crippen molar-refractivity contribution in [1.82, 2.24) is 5.32 Å². The van der Waals surface area contributed by atoms with E-state index < -0.39 is 0 Å². The molecule has 1 fully saturated rings. The van der Waals surface area contributed by atoms with Crippen LogP contribution in [0.4, 0.5) is 0 Å².